The van der Waals surface area contributed by atoms with Crippen molar-refractivity contribution in [2.45, 2.75) is 13.5 Å². The minimum atomic E-state index is -0.405. The van der Waals surface area contributed by atoms with Gasteiger partial charge in [0, 0.05) is 22.3 Å². The molecule has 0 amide bonds. The fourth-order valence-electron chi connectivity index (χ4n) is 2.96. The Hall–Kier alpha value is -2.18. The van der Waals surface area contributed by atoms with Crippen LogP contribution in [0.2, 0.25) is 5.02 Å². The second kappa shape index (κ2) is 5.43. The normalized spacial score (nSPS) is 11.7. The molecule has 0 spiro atoms. The Labute approximate surface area is 145 Å². The van der Waals surface area contributed by atoms with Crippen LogP contribution in [0, 0.1) is 12.7 Å². The summed E-state index contributed by atoms with van der Waals surface area (Å²) in [6.07, 6.45) is 1.71. The summed E-state index contributed by atoms with van der Waals surface area (Å²) in [7, 11) is 1.88. The largest absolute Gasteiger partial charge is 0.338 e. The molecule has 0 bridgehead atoms. The van der Waals surface area contributed by atoms with Crippen LogP contribution in [0.3, 0.4) is 0 Å². The zero-order valence-electron chi connectivity index (χ0n) is 13.0. The number of hydrogen-bond acceptors (Lipinski definition) is 3. The van der Waals surface area contributed by atoms with Gasteiger partial charge in [-0.2, -0.15) is 5.10 Å². The number of fused-ring (bicyclic) bond motifs is 3. The van der Waals surface area contributed by atoms with Crippen molar-refractivity contribution >= 4 is 44.1 Å². The van der Waals surface area contributed by atoms with E-state index >= 15 is 0 Å². The van der Waals surface area contributed by atoms with Crippen LogP contribution >= 0.6 is 22.9 Å². The summed E-state index contributed by atoms with van der Waals surface area (Å²) >= 11 is 7.71. The van der Waals surface area contributed by atoms with Gasteiger partial charge in [-0.1, -0.05) is 17.7 Å². The van der Waals surface area contributed by atoms with Gasteiger partial charge in [0.25, 0.3) is 5.56 Å². The maximum Gasteiger partial charge on any atom is 0.291 e. The molecule has 0 saturated carbocycles. The van der Waals surface area contributed by atoms with Crippen molar-refractivity contribution in [3.8, 4) is 0 Å². The van der Waals surface area contributed by atoms with Gasteiger partial charge in [-0.25, -0.2) is 9.07 Å². The van der Waals surface area contributed by atoms with Crippen LogP contribution in [0.25, 0.3) is 21.1 Å². The van der Waals surface area contributed by atoms with E-state index in [1.165, 1.54) is 21.7 Å². The number of hydrogen-bond donors (Lipinski definition) is 0. The first-order valence-corrected chi connectivity index (χ1v) is 8.53. The summed E-state index contributed by atoms with van der Waals surface area (Å²) in [6, 6.07) is 6.21. The van der Waals surface area contributed by atoms with E-state index in [9.17, 15) is 9.18 Å². The zero-order valence-corrected chi connectivity index (χ0v) is 14.6. The number of aryl methyl sites for hydroxylation is 2. The van der Waals surface area contributed by atoms with E-state index in [4.69, 9.17) is 11.6 Å². The number of nitrogens with zero attached hydrogens (tertiary/aromatic N) is 3. The van der Waals surface area contributed by atoms with Crippen LogP contribution in [-0.2, 0) is 13.6 Å². The van der Waals surface area contributed by atoms with Gasteiger partial charge < -0.3 is 4.57 Å². The van der Waals surface area contributed by atoms with E-state index in [0.29, 0.717) is 11.1 Å². The van der Waals surface area contributed by atoms with Gasteiger partial charge in [-0.15, -0.1) is 11.3 Å². The number of aromatic nitrogens is 3. The average molecular weight is 362 g/mol. The maximum absolute atomic E-state index is 13.2. The fourth-order valence-corrected chi connectivity index (χ4v) is 4.24. The second-order valence-corrected chi connectivity index (χ2v) is 7.40. The van der Waals surface area contributed by atoms with E-state index in [0.717, 1.165) is 15.6 Å². The molecular weight excluding hydrogens is 349 g/mol. The molecule has 4 nitrogen and oxygen atoms in total. The summed E-state index contributed by atoms with van der Waals surface area (Å²) in [6.45, 7) is 2.24. The van der Waals surface area contributed by atoms with Gasteiger partial charge in [-0.3, -0.25) is 4.79 Å². The third kappa shape index (κ3) is 2.25. The van der Waals surface area contributed by atoms with Crippen molar-refractivity contribution in [3.63, 3.8) is 0 Å². The van der Waals surface area contributed by atoms with Gasteiger partial charge in [-0.05, 0) is 30.7 Å². The number of thiophene rings is 1. The lowest BCUT2D eigenvalue weighted by atomic mass is 10.2. The van der Waals surface area contributed by atoms with Gasteiger partial charge in [0.05, 0.1) is 23.0 Å². The quantitative estimate of drug-likeness (QED) is 0.539. The van der Waals surface area contributed by atoms with Crippen LogP contribution in [0.1, 0.15) is 10.4 Å². The van der Waals surface area contributed by atoms with E-state index in [1.807, 2.05) is 18.5 Å². The monoisotopic (exact) mass is 361 g/mol. The molecule has 0 saturated heterocycles. The third-order valence-corrected chi connectivity index (χ3v) is 5.56. The molecule has 24 heavy (non-hydrogen) atoms. The Kier molecular flexibility index (Phi) is 3.47. The highest BCUT2D eigenvalue weighted by Gasteiger charge is 2.16. The molecule has 0 aliphatic heterocycles. The molecule has 4 rings (SSSR count). The number of benzene rings is 1. The Bertz CT molecular complexity index is 1160. The van der Waals surface area contributed by atoms with Crippen molar-refractivity contribution in [2.24, 2.45) is 7.05 Å². The Morgan fingerprint density at radius 2 is 2.12 bits per heavy atom. The lowest BCUT2D eigenvalue weighted by Crippen LogP contribution is -2.24. The first-order chi connectivity index (χ1) is 11.5. The molecule has 1 aromatic carbocycles. The predicted octanol–water partition coefficient (Wildman–Crippen LogP) is 4.10. The van der Waals surface area contributed by atoms with Crippen LogP contribution < -0.4 is 5.56 Å². The Morgan fingerprint density at radius 3 is 2.88 bits per heavy atom. The standard InChI is InChI=1S/C17H13ClFN3OS/c1-9-5-14-16(24-9)12-7-20-22(17(23)15(12)21(14)2)8-10-3-4-11(19)6-13(10)18/h3-7H,8H2,1-2H3. The zero-order chi connectivity index (χ0) is 17.0. The van der Waals surface area contributed by atoms with Crippen LogP contribution in [0.4, 0.5) is 4.39 Å². The Balaban J connectivity index is 1.90. The van der Waals surface area contributed by atoms with Gasteiger partial charge in [0.2, 0.25) is 0 Å². The van der Waals surface area contributed by atoms with Crippen molar-refractivity contribution in [1.29, 1.82) is 0 Å². The highest BCUT2D eigenvalue weighted by Crippen LogP contribution is 2.32. The molecule has 4 aromatic rings. The average Bonchev–Trinajstić information content (AvgIpc) is 3.02. The fraction of sp³-hybridized carbons (Fsp3) is 0.176. The predicted molar refractivity (Wildman–Crippen MR) is 95.6 cm³/mol. The maximum atomic E-state index is 13.2. The van der Waals surface area contributed by atoms with E-state index in [1.54, 1.807) is 23.6 Å². The first kappa shape index (κ1) is 15.4. The van der Waals surface area contributed by atoms with Gasteiger partial charge in [0.15, 0.2) is 0 Å². The summed E-state index contributed by atoms with van der Waals surface area (Å²) in [5.41, 5.74) is 2.11. The summed E-state index contributed by atoms with van der Waals surface area (Å²) in [5.74, 6) is -0.405. The van der Waals surface area contributed by atoms with Crippen molar-refractivity contribution in [3.05, 3.63) is 62.1 Å². The smallest absolute Gasteiger partial charge is 0.291 e. The summed E-state index contributed by atoms with van der Waals surface area (Å²) in [5, 5.41) is 5.43. The molecule has 3 aromatic heterocycles. The van der Waals surface area contributed by atoms with Crippen molar-refractivity contribution < 1.29 is 4.39 Å². The van der Waals surface area contributed by atoms with Gasteiger partial charge >= 0.3 is 0 Å². The molecule has 0 aliphatic carbocycles. The summed E-state index contributed by atoms with van der Waals surface area (Å²) < 4.78 is 17.5. The van der Waals surface area contributed by atoms with Crippen LogP contribution in [-0.4, -0.2) is 14.3 Å². The highest BCUT2D eigenvalue weighted by atomic mass is 35.5. The lowest BCUT2D eigenvalue weighted by molar-refractivity contribution is 0.620. The third-order valence-electron chi connectivity index (χ3n) is 4.13. The molecule has 7 heteroatoms. The van der Waals surface area contributed by atoms with Crippen LogP contribution in [0.15, 0.2) is 35.3 Å². The van der Waals surface area contributed by atoms with Gasteiger partial charge in [0.1, 0.15) is 11.3 Å². The minimum absolute atomic E-state index is 0.184. The SMILES string of the molecule is Cc1cc2c(s1)c1cnn(Cc3ccc(F)cc3Cl)c(=O)c1n2C. The van der Waals surface area contributed by atoms with Crippen molar-refractivity contribution in [1.82, 2.24) is 14.3 Å². The van der Waals surface area contributed by atoms with E-state index < -0.39 is 5.82 Å². The molecule has 3 heterocycles. The lowest BCUT2D eigenvalue weighted by Gasteiger charge is -2.07. The van der Waals surface area contributed by atoms with Crippen molar-refractivity contribution in [2.75, 3.05) is 0 Å². The topological polar surface area (TPSA) is 39.8 Å². The molecule has 0 atom stereocenters. The van der Waals surface area contributed by atoms with E-state index in [-0.39, 0.29) is 17.1 Å². The molecule has 0 aliphatic rings. The molecule has 0 unspecified atom stereocenters. The minimum Gasteiger partial charge on any atom is -0.338 e. The van der Waals surface area contributed by atoms with Crippen LogP contribution in [0.5, 0.6) is 0 Å². The molecule has 0 fully saturated rings. The Morgan fingerprint density at radius 1 is 1.33 bits per heavy atom. The number of rotatable bonds is 2. The highest BCUT2D eigenvalue weighted by molar-refractivity contribution is 7.20. The molecule has 122 valence electrons. The molecule has 0 N–H and O–H groups in total. The summed E-state index contributed by atoms with van der Waals surface area (Å²) in [4.78, 5) is 14.0. The second-order valence-electron chi connectivity index (χ2n) is 5.74. The van der Waals surface area contributed by atoms with E-state index in [2.05, 4.69) is 11.2 Å². The molecular formula is C17H13ClFN3OS. The molecule has 0 radical (unpaired) electrons. The number of halogens is 2. The first-order valence-electron chi connectivity index (χ1n) is 7.34.